The molecule has 0 spiro atoms. The number of benzene rings is 1. The van der Waals surface area contributed by atoms with E-state index in [4.69, 9.17) is 25.8 Å². The zero-order valence-corrected chi connectivity index (χ0v) is 16.8. The Labute approximate surface area is 168 Å². The number of nitrogens with zero attached hydrogens (tertiary/aromatic N) is 2. The summed E-state index contributed by atoms with van der Waals surface area (Å²) in [6.45, 7) is 4.48. The number of aryl methyl sites for hydroxylation is 1. The molecule has 1 N–H and O–H groups in total. The van der Waals surface area contributed by atoms with Crippen LogP contribution in [-0.2, 0) is 15.1 Å². The molecule has 28 heavy (non-hydrogen) atoms. The lowest BCUT2D eigenvalue weighted by atomic mass is 9.82. The third-order valence-electron chi connectivity index (χ3n) is 5.30. The fraction of sp³-hybridized carbons (Fsp3) is 0.381. The number of hydrogen-bond acceptors (Lipinski definition) is 5. The van der Waals surface area contributed by atoms with Gasteiger partial charge in [0.05, 0.1) is 18.9 Å². The number of rotatable bonds is 5. The Morgan fingerprint density at radius 1 is 1.25 bits per heavy atom. The minimum Gasteiger partial charge on any atom is -0.479 e. The Balaban J connectivity index is 1.89. The Hall–Kier alpha value is -2.12. The number of halogens is 1. The average Bonchev–Trinajstić information content (AvgIpc) is 3.00. The fourth-order valence-electron chi connectivity index (χ4n) is 3.71. The van der Waals surface area contributed by atoms with Crippen LogP contribution in [0.5, 0.6) is 5.75 Å². The van der Waals surface area contributed by atoms with Crippen molar-refractivity contribution in [1.82, 2.24) is 9.38 Å². The van der Waals surface area contributed by atoms with Crippen LogP contribution >= 0.6 is 11.6 Å². The minimum atomic E-state index is -0.999. The summed E-state index contributed by atoms with van der Waals surface area (Å²) in [4.78, 5) is 4.59. The Kier molecular flexibility index (Phi) is 5.05. The Morgan fingerprint density at radius 2 is 2.00 bits per heavy atom. The molecule has 2 unspecified atom stereocenters. The third-order valence-corrected chi connectivity index (χ3v) is 5.75. The molecule has 1 aliphatic heterocycles. The van der Waals surface area contributed by atoms with Gasteiger partial charge in [0.25, 0.3) is 0 Å². The van der Waals surface area contributed by atoms with Gasteiger partial charge in [0.15, 0.2) is 17.5 Å². The quantitative estimate of drug-likeness (QED) is 0.659. The highest BCUT2D eigenvalue weighted by Gasteiger charge is 2.49. The van der Waals surface area contributed by atoms with E-state index in [9.17, 15) is 5.11 Å². The monoisotopic (exact) mass is 402 g/mol. The molecule has 7 heteroatoms. The molecule has 0 bridgehead atoms. The molecular weight excluding hydrogens is 380 g/mol. The van der Waals surface area contributed by atoms with E-state index in [2.05, 4.69) is 4.98 Å². The van der Waals surface area contributed by atoms with Crippen molar-refractivity contribution in [3.05, 3.63) is 64.6 Å². The molecule has 3 heterocycles. The van der Waals surface area contributed by atoms with Crippen LogP contribution in [0.15, 0.2) is 42.6 Å². The van der Waals surface area contributed by atoms with Crippen LogP contribution in [0.1, 0.15) is 29.8 Å². The minimum absolute atomic E-state index is 0.338. The van der Waals surface area contributed by atoms with E-state index < -0.39 is 17.8 Å². The van der Waals surface area contributed by atoms with Gasteiger partial charge in [0, 0.05) is 18.9 Å². The summed E-state index contributed by atoms with van der Waals surface area (Å²) in [5.74, 6) is 0.566. The first kappa shape index (κ1) is 19.2. The van der Waals surface area contributed by atoms with Crippen molar-refractivity contribution in [2.75, 3.05) is 20.3 Å². The summed E-state index contributed by atoms with van der Waals surface area (Å²) in [5, 5.41) is 11.8. The van der Waals surface area contributed by atoms with E-state index in [-0.39, 0.29) is 0 Å². The highest BCUT2D eigenvalue weighted by molar-refractivity contribution is 6.30. The van der Waals surface area contributed by atoms with Gasteiger partial charge in [-0.2, -0.15) is 0 Å². The smallest absolute Gasteiger partial charge is 0.181 e. The lowest BCUT2D eigenvalue weighted by Gasteiger charge is -2.44. The van der Waals surface area contributed by atoms with Crippen molar-refractivity contribution in [2.24, 2.45) is 0 Å². The predicted molar refractivity (Wildman–Crippen MR) is 106 cm³/mol. The lowest BCUT2D eigenvalue weighted by Crippen LogP contribution is -2.48. The van der Waals surface area contributed by atoms with Gasteiger partial charge in [-0.05, 0) is 25.5 Å². The first-order valence-electron chi connectivity index (χ1n) is 9.17. The first-order chi connectivity index (χ1) is 13.5. The molecule has 0 saturated heterocycles. The first-order valence-corrected chi connectivity index (χ1v) is 9.55. The molecule has 0 saturated carbocycles. The van der Waals surface area contributed by atoms with Crippen molar-refractivity contribution in [3.8, 4) is 5.75 Å². The van der Waals surface area contributed by atoms with Gasteiger partial charge in [0.2, 0.25) is 0 Å². The van der Waals surface area contributed by atoms with E-state index in [1.54, 1.807) is 11.5 Å². The number of aliphatic hydroxyl groups excluding tert-OH is 1. The maximum absolute atomic E-state index is 11.3. The molecule has 0 aliphatic carbocycles. The number of imidazole rings is 1. The van der Waals surface area contributed by atoms with Crippen LogP contribution in [-0.4, -0.2) is 40.9 Å². The number of fused-ring (bicyclic) bond motifs is 3. The summed E-state index contributed by atoms with van der Waals surface area (Å²) in [5.41, 5.74) is 1.91. The Bertz CT molecular complexity index is 991. The van der Waals surface area contributed by atoms with Crippen molar-refractivity contribution in [2.45, 2.75) is 31.7 Å². The second-order valence-electron chi connectivity index (χ2n) is 7.08. The van der Waals surface area contributed by atoms with Crippen LogP contribution in [0.25, 0.3) is 5.65 Å². The van der Waals surface area contributed by atoms with E-state index in [0.29, 0.717) is 35.5 Å². The third kappa shape index (κ3) is 2.97. The second kappa shape index (κ2) is 7.37. The van der Waals surface area contributed by atoms with Crippen LogP contribution in [0.2, 0.25) is 5.15 Å². The fourth-order valence-corrected chi connectivity index (χ4v) is 3.89. The lowest BCUT2D eigenvalue weighted by molar-refractivity contribution is -0.171. The molecule has 1 aliphatic rings. The predicted octanol–water partition coefficient (Wildman–Crippen LogP) is 3.67. The van der Waals surface area contributed by atoms with E-state index in [0.717, 1.165) is 11.1 Å². The van der Waals surface area contributed by atoms with E-state index in [1.165, 1.54) is 0 Å². The molecule has 0 fully saturated rings. The maximum Gasteiger partial charge on any atom is 0.181 e. The van der Waals surface area contributed by atoms with Gasteiger partial charge in [-0.25, -0.2) is 4.98 Å². The van der Waals surface area contributed by atoms with Crippen molar-refractivity contribution in [1.29, 1.82) is 0 Å². The largest absolute Gasteiger partial charge is 0.479 e. The molecule has 4 rings (SSSR count). The maximum atomic E-state index is 11.3. The normalized spacial score (nSPS) is 24.2. The zero-order valence-electron chi connectivity index (χ0n) is 16.1. The van der Waals surface area contributed by atoms with Gasteiger partial charge in [-0.1, -0.05) is 41.9 Å². The molecule has 0 amide bonds. The van der Waals surface area contributed by atoms with Crippen LogP contribution in [0.3, 0.4) is 0 Å². The topological polar surface area (TPSA) is 65.2 Å². The average molecular weight is 403 g/mol. The van der Waals surface area contributed by atoms with Gasteiger partial charge < -0.3 is 19.3 Å². The van der Waals surface area contributed by atoms with Crippen molar-refractivity contribution in [3.63, 3.8) is 0 Å². The van der Waals surface area contributed by atoms with Crippen molar-refractivity contribution < 1.29 is 19.3 Å². The van der Waals surface area contributed by atoms with Crippen molar-refractivity contribution >= 4 is 17.2 Å². The molecule has 148 valence electrons. The molecule has 3 atom stereocenters. The van der Waals surface area contributed by atoms with Gasteiger partial charge in [0.1, 0.15) is 16.9 Å². The van der Waals surface area contributed by atoms with Gasteiger partial charge >= 0.3 is 0 Å². The van der Waals surface area contributed by atoms with Crippen LogP contribution in [0, 0.1) is 6.92 Å². The summed E-state index contributed by atoms with van der Waals surface area (Å²) in [6, 6.07) is 11.5. The molecule has 2 aromatic heterocycles. The van der Waals surface area contributed by atoms with Gasteiger partial charge in [-0.15, -0.1) is 0 Å². The van der Waals surface area contributed by atoms with E-state index >= 15 is 0 Å². The second-order valence-corrected chi connectivity index (χ2v) is 7.44. The summed E-state index contributed by atoms with van der Waals surface area (Å²) < 4.78 is 19.4. The zero-order chi connectivity index (χ0) is 19.9. The highest BCUT2D eigenvalue weighted by Crippen LogP contribution is 2.48. The SMILES string of the molecule is COCCOC1(C)c2ccn3c(Cl)c(C)nc3c2O[C@H](c2ccccc2)C1O. The number of hydrogen-bond donors (Lipinski definition) is 1. The summed E-state index contributed by atoms with van der Waals surface area (Å²) in [7, 11) is 1.62. The van der Waals surface area contributed by atoms with Gasteiger partial charge in [-0.3, -0.25) is 4.40 Å². The number of methoxy groups -OCH3 is 1. The standard InChI is InChI=1S/C21H23ClN2O4/c1-13-19(22)24-10-9-15-17(20(24)23-13)28-16(14-7-5-4-6-8-14)18(25)21(15,2)27-12-11-26-3/h4-10,16,18,25H,11-12H2,1-3H3/t16-,18?,21?/m1/s1. The Morgan fingerprint density at radius 3 is 2.71 bits per heavy atom. The number of aliphatic hydroxyl groups is 1. The summed E-state index contributed by atoms with van der Waals surface area (Å²) in [6.07, 6.45) is 0.296. The number of ether oxygens (including phenoxy) is 3. The molecule has 3 aromatic rings. The van der Waals surface area contributed by atoms with E-state index in [1.807, 2.05) is 56.4 Å². The van der Waals surface area contributed by atoms with Crippen LogP contribution < -0.4 is 4.74 Å². The summed E-state index contributed by atoms with van der Waals surface area (Å²) >= 11 is 6.39. The molecular formula is C21H23ClN2O4. The number of pyridine rings is 1. The van der Waals surface area contributed by atoms with Crippen LogP contribution in [0.4, 0.5) is 0 Å². The number of aromatic nitrogens is 2. The molecule has 6 nitrogen and oxygen atoms in total. The molecule has 1 aromatic carbocycles. The molecule has 0 radical (unpaired) electrons. The highest BCUT2D eigenvalue weighted by atomic mass is 35.5.